The van der Waals surface area contributed by atoms with Gasteiger partial charge >= 0.3 is 0 Å². The zero-order valence-corrected chi connectivity index (χ0v) is 25.6. The van der Waals surface area contributed by atoms with Gasteiger partial charge in [-0.2, -0.15) is 0 Å². The number of halogens is 1. The van der Waals surface area contributed by atoms with Crippen LogP contribution in [0.4, 0.5) is 5.69 Å². The van der Waals surface area contributed by atoms with E-state index in [1.165, 1.54) is 11.3 Å². The van der Waals surface area contributed by atoms with E-state index >= 15 is 0 Å². The average molecular weight is 622 g/mol. The fraction of sp³-hybridized carbons (Fsp3) is 0.114. The Morgan fingerprint density at radius 3 is 2.55 bits per heavy atom. The molecule has 1 N–H and O–H groups in total. The second-order valence-electron chi connectivity index (χ2n) is 10.1. The van der Waals surface area contributed by atoms with Crippen LogP contribution in [0.15, 0.2) is 124 Å². The summed E-state index contributed by atoms with van der Waals surface area (Å²) in [6, 6.07) is 30.9. The fourth-order valence-electron chi connectivity index (χ4n) is 5.10. The number of hydrogen-bond acceptors (Lipinski definition) is 6. The summed E-state index contributed by atoms with van der Waals surface area (Å²) >= 11 is 7.60. The van der Waals surface area contributed by atoms with Crippen molar-refractivity contribution in [2.45, 2.75) is 19.6 Å². The molecule has 6 rings (SSSR count). The van der Waals surface area contributed by atoms with Gasteiger partial charge in [-0.25, -0.2) is 4.99 Å². The van der Waals surface area contributed by atoms with Crippen LogP contribution in [-0.2, 0) is 11.4 Å². The van der Waals surface area contributed by atoms with E-state index in [9.17, 15) is 9.59 Å². The Bertz CT molecular complexity index is 2070. The zero-order valence-electron chi connectivity index (χ0n) is 24.0. The van der Waals surface area contributed by atoms with Crippen LogP contribution in [0, 0.1) is 0 Å². The molecule has 44 heavy (non-hydrogen) atoms. The molecule has 9 heteroatoms. The van der Waals surface area contributed by atoms with E-state index < -0.39 is 6.04 Å². The number of amides is 1. The Balaban J connectivity index is 1.44. The molecule has 0 radical (unpaired) electrons. The number of ether oxygens (including phenoxy) is 2. The maximum absolute atomic E-state index is 14.2. The fourth-order valence-corrected chi connectivity index (χ4v) is 6.33. The van der Waals surface area contributed by atoms with Crippen molar-refractivity contribution in [3.8, 4) is 11.5 Å². The van der Waals surface area contributed by atoms with Gasteiger partial charge in [0, 0.05) is 21.8 Å². The lowest BCUT2D eigenvalue weighted by atomic mass is 9.95. The number of nitrogens with one attached hydrogen (secondary N) is 1. The highest BCUT2D eigenvalue weighted by atomic mass is 35.5. The highest BCUT2D eigenvalue weighted by molar-refractivity contribution is 7.07. The molecule has 0 unspecified atom stereocenters. The van der Waals surface area contributed by atoms with Crippen LogP contribution in [-0.4, -0.2) is 17.6 Å². The zero-order chi connectivity index (χ0) is 30.6. The summed E-state index contributed by atoms with van der Waals surface area (Å²) in [6.07, 6.45) is 1.80. The van der Waals surface area contributed by atoms with Gasteiger partial charge in [0.15, 0.2) is 4.80 Å². The van der Waals surface area contributed by atoms with Crippen molar-refractivity contribution in [1.29, 1.82) is 0 Å². The van der Waals surface area contributed by atoms with E-state index in [4.69, 9.17) is 26.1 Å². The minimum Gasteiger partial charge on any atom is -0.497 e. The van der Waals surface area contributed by atoms with Crippen molar-refractivity contribution in [1.82, 2.24) is 4.57 Å². The van der Waals surface area contributed by atoms with Crippen LogP contribution >= 0.6 is 22.9 Å². The third-order valence-electron chi connectivity index (χ3n) is 7.25. The summed E-state index contributed by atoms with van der Waals surface area (Å²) in [7, 11) is 1.58. The molecule has 1 aromatic heterocycles. The standard InChI is InChI=1S/C35H28ClN3O4S/c1-22-31(33(40)38-26-14-4-3-5-15-26)32(24-13-10-16-27(19-24)42-2)39-34(41)30(44-35(39)37-22)20-23-11-7-9-18-29(23)43-21-25-12-6-8-17-28(25)36/h3-20,32H,21H2,1-2H3,(H,38,40)/b30-20+/t32-/m1/s1. The normalized spacial score (nSPS) is 14.5. The van der Waals surface area contributed by atoms with Crippen LogP contribution in [0.5, 0.6) is 11.5 Å². The molecule has 1 aliphatic heterocycles. The predicted octanol–water partition coefficient (Wildman–Crippen LogP) is 6.11. The molecular formula is C35H28ClN3O4S. The number of carbonyl (C=O) groups excluding carboxylic acids is 1. The van der Waals surface area contributed by atoms with E-state index in [1.54, 1.807) is 24.7 Å². The first-order chi connectivity index (χ1) is 21.4. The summed E-state index contributed by atoms with van der Waals surface area (Å²) in [4.78, 5) is 33.2. The number of methoxy groups -OCH3 is 1. The molecule has 0 fully saturated rings. The summed E-state index contributed by atoms with van der Waals surface area (Å²) in [5.74, 6) is 0.895. The lowest BCUT2D eigenvalue weighted by Crippen LogP contribution is -2.40. The monoisotopic (exact) mass is 621 g/mol. The molecule has 1 atom stereocenters. The quantitative estimate of drug-likeness (QED) is 0.227. The van der Waals surface area contributed by atoms with Crippen LogP contribution < -0.4 is 29.7 Å². The predicted molar refractivity (Wildman–Crippen MR) is 174 cm³/mol. The number of aromatic nitrogens is 1. The third-order valence-corrected chi connectivity index (χ3v) is 8.61. The van der Waals surface area contributed by atoms with Gasteiger partial charge in [-0.15, -0.1) is 0 Å². The molecule has 0 saturated heterocycles. The van der Waals surface area contributed by atoms with Gasteiger partial charge in [-0.1, -0.05) is 89.7 Å². The Kier molecular flexibility index (Phi) is 8.45. The Hall–Kier alpha value is -4.92. The van der Waals surface area contributed by atoms with Gasteiger partial charge < -0.3 is 14.8 Å². The maximum Gasteiger partial charge on any atom is 0.271 e. The highest BCUT2D eigenvalue weighted by Gasteiger charge is 2.32. The number of anilines is 1. The molecule has 7 nitrogen and oxygen atoms in total. The van der Waals surface area contributed by atoms with Gasteiger partial charge in [0.05, 0.1) is 29.0 Å². The number of allylic oxidation sites excluding steroid dienone is 1. The number of fused-ring (bicyclic) bond motifs is 1. The molecule has 2 heterocycles. The van der Waals surface area contributed by atoms with E-state index in [0.717, 1.165) is 16.7 Å². The van der Waals surface area contributed by atoms with Gasteiger partial charge in [-0.05, 0) is 55.0 Å². The third kappa shape index (κ3) is 5.95. The molecule has 0 bridgehead atoms. The molecule has 0 aliphatic carbocycles. The second-order valence-corrected chi connectivity index (χ2v) is 11.5. The SMILES string of the molecule is COc1cccc([C@@H]2C(C(=O)Nc3ccccc3)=C(C)N=c3s/c(=C/c4ccccc4OCc4ccccc4Cl)c(=O)n32)c1. The highest BCUT2D eigenvalue weighted by Crippen LogP contribution is 2.32. The molecule has 4 aromatic carbocycles. The number of rotatable bonds is 8. The van der Waals surface area contributed by atoms with Gasteiger partial charge in [0.1, 0.15) is 18.1 Å². The topological polar surface area (TPSA) is 81.9 Å². The van der Waals surface area contributed by atoms with E-state index in [2.05, 4.69) is 5.32 Å². The van der Waals surface area contributed by atoms with Gasteiger partial charge in [-0.3, -0.25) is 14.2 Å². The van der Waals surface area contributed by atoms with Crippen LogP contribution in [0.2, 0.25) is 5.02 Å². The number of benzene rings is 4. The van der Waals surface area contributed by atoms with E-state index in [-0.39, 0.29) is 18.1 Å². The first-order valence-corrected chi connectivity index (χ1v) is 15.1. The Morgan fingerprint density at radius 1 is 1.00 bits per heavy atom. The number of para-hydroxylation sites is 2. The molecule has 1 aliphatic rings. The first-order valence-electron chi connectivity index (χ1n) is 13.9. The lowest BCUT2D eigenvalue weighted by Gasteiger charge is -2.25. The number of nitrogens with zero attached hydrogens (tertiary/aromatic N) is 2. The largest absolute Gasteiger partial charge is 0.497 e. The van der Waals surface area contributed by atoms with Crippen molar-refractivity contribution < 1.29 is 14.3 Å². The Morgan fingerprint density at radius 2 is 1.75 bits per heavy atom. The molecule has 0 saturated carbocycles. The number of thiazole rings is 1. The molecular weight excluding hydrogens is 594 g/mol. The Labute approximate surface area is 263 Å². The summed E-state index contributed by atoms with van der Waals surface area (Å²) in [5.41, 5.74) is 3.62. The maximum atomic E-state index is 14.2. The first kappa shape index (κ1) is 29.2. The smallest absolute Gasteiger partial charge is 0.271 e. The van der Waals surface area contributed by atoms with Crippen molar-refractivity contribution >= 4 is 40.6 Å². The van der Waals surface area contributed by atoms with Crippen LogP contribution in [0.3, 0.4) is 0 Å². The summed E-state index contributed by atoms with van der Waals surface area (Å²) in [6.45, 7) is 2.07. The minimum absolute atomic E-state index is 0.264. The molecule has 0 spiro atoms. The van der Waals surface area contributed by atoms with E-state index in [0.29, 0.717) is 42.8 Å². The van der Waals surface area contributed by atoms with Crippen molar-refractivity contribution in [2.75, 3.05) is 12.4 Å². The van der Waals surface area contributed by atoms with Gasteiger partial charge in [0.2, 0.25) is 0 Å². The second kappa shape index (κ2) is 12.8. The minimum atomic E-state index is -0.723. The number of carbonyl (C=O) groups is 1. The molecule has 5 aromatic rings. The molecule has 220 valence electrons. The lowest BCUT2D eigenvalue weighted by molar-refractivity contribution is -0.113. The van der Waals surface area contributed by atoms with Crippen molar-refractivity contribution in [3.63, 3.8) is 0 Å². The van der Waals surface area contributed by atoms with Crippen molar-refractivity contribution in [3.05, 3.63) is 156 Å². The summed E-state index contributed by atoms with van der Waals surface area (Å²) < 4.78 is 13.7. The molecule has 1 amide bonds. The van der Waals surface area contributed by atoms with Crippen LogP contribution in [0.25, 0.3) is 6.08 Å². The number of hydrogen-bond donors (Lipinski definition) is 1. The van der Waals surface area contributed by atoms with Crippen molar-refractivity contribution in [2.24, 2.45) is 4.99 Å². The van der Waals surface area contributed by atoms with Gasteiger partial charge in [0.25, 0.3) is 11.5 Å². The van der Waals surface area contributed by atoms with E-state index in [1.807, 2.05) is 103 Å². The summed E-state index contributed by atoms with van der Waals surface area (Å²) in [5, 5.41) is 3.60. The average Bonchev–Trinajstić information content (AvgIpc) is 3.34. The van der Waals surface area contributed by atoms with Crippen LogP contribution in [0.1, 0.15) is 29.7 Å².